The standard InChI is InChI=1S/C12H9F3N2O2/c1-7(18)11-16-10(19-17-11)6-8-3-2-4-9(5-8)12(13,14)15/h2-5H,6H2,1H3. The first-order valence-corrected chi connectivity index (χ1v) is 5.36. The normalized spacial score (nSPS) is 11.6. The van der Waals surface area contributed by atoms with Gasteiger partial charge in [0.1, 0.15) is 0 Å². The van der Waals surface area contributed by atoms with Crippen LogP contribution < -0.4 is 0 Å². The Kier molecular flexibility index (Phi) is 3.37. The third kappa shape index (κ3) is 3.18. The van der Waals surface area contributed by atoms with E-state index in [1.165, 1.54) is 19.1 Å². The fourth-order valence-corrected chi connectivity index (χ4v) is 1.50. The van der Waals surface area contributed by atoms with E-state index in [9.17, 15) is 18.0 Å². The van der Waals surface area contributed by atoms with Crippen LogP contribution in [0.15, 0.2) is 28.8 Å². The molecule has 0 aliphatic rings. The van der Waals surface area contributed by atoms with Gasteiger partial charge in [-0.3, -0.25) is 4.79 Å². The Labute approximate surface area is 106 Å². The van der Waals surface area contributed by atoms with Crippen molar-refractivity contribution in [2.45, 2.75) is 19.5 Å². The number of hydrogen-bond donors (Lipinski definition) is 0. The summed E-state index contributed by atoms with van der Waals surface area (Å²) < 4.78 is 42.4. The Morgan fingerprint density at radius 3 is 2.68 bits per heavy atom. The number of carbonyl (C=O) groups is 1. The SMILES string of the molecule is CC(=O)c1noc(Cc2cccc(C(F)(F)F)c2)n1. The van der Waals surface area contributed by atoms with Gasteiger partial charge >= 0.3 is 6.18 Å². The number of rotatable bonds is 3. The molecule has 0 aliphatic heterocycles. The van der Waals surface area contributed by atoms with Crippen molar-refractivity contribution in [3.63, 3.8) is 0 Å². The van der Waals surface area contributed by atoms with Crippen LogP contribution in [0.4, 0.5) is 13.2 Å². The maximum Gasteiger partial charge on any atom is 0.416 e. The molecule has 0 atom stereocenters. The van der Waals surface area contributed by atoms with E-state index in [1.807, 2.05) is 0 Å². The summed E-state index contributed by atoms with van der Waals surface area (Å²) in [7, 11) is 0. The lowest BCUT2D eigenvalue weighted by molar-refractivity contribution is -0.137. The predicted molar refractivity (Wildman–Crippen MR) is 58.6 cm³/mol. The Bertz CT molecular complexity index is 605. The second-order valence-corrected chi connectivity index (χ2v) is 3.94. The molecule has 7 heteroatoms. The van der Waals surface area contributed by atoms with Crippen molar-refractivity contribution < 1.29 is 22.5 Å². The summed E-state index contributed by atoms with van der Waals surface area (Å²) in [6.07, 6.45) is -4.35. The first-order chi connectivity index (χ1) is 8.86. The molecule has 19 heavy (non-hydrogen) atoms. The zero-order valence-electron chi connectivity index (χ0n) is 9.86. The summed E-state index contributed by atoms with van der Waals surface area (Å²) >= 11 is 0. The minimum absolute atomic E-state index is 0.0458. The molecule has 0 radical (unpaired) electrons. The highest BCUT2D eigenvalue weighted by molar-refractivity contribution is 5.89. The fraction of sp³-hybridized carbons (Fsp3) is 0.250. The average Bonchev–Trinajstić information content (AvgIpc) is 2.77. The molecule has 0 fully saturated rings. The number of halogens is 3. The van der Waals surface area contributed by atoms with Crippen LogP contribution in [0.2, 0.25) is 0 Å². The van der Waals surface area contributed by atoms with Crippen molar-refractivity contribution in [3.8, 4) is 0 Å². The van der Waals surface area contributed by atoms with Crippen LogP contribution >= 0.6 is 0 Å². The summed E-state index contributed by atoms with van der Waals surface area (Å²) in [5.41, 5.74) is -0.357. The first-order valence-electron chi connectivity index (χ1n) is 5.36. The van der Waals surface area contributed by atoms with Gasteiger partial charge < -0.3 is 4.52 Å². The van der Waals surface area contributed by atoms with E-state index in [0.29, 0.717) is 5.56 Å². The second kappa shape index (κ2) is 4.83. The molecule has 0 spiro atoms. The summed E-state index contributed by atoms with van der Waals surface area (Å²) in [5, 5.41) is 3.43. The third-order valence-electron chi connectivity index (χ3n) is 2.39. The summed E-state index contributed by atoms with van der Waals surface area (Å²) in [5.74, 6) is -0.342. The molecule has 0 unspecified atom stereocenters. The first kappa shape index (κ1) is 13.3. The smallest absolute Gasteiger partial charge is 0.339 e. The Morgan fingerprint density at radius 1 is 1.37 bits per heavy atom. The molecule has 2 aromatic rings. The highest BCUT2D eigenvalue weighted by Crippen LogP contribution is 2.29. The Morgan fingerprint density at radius 2 is 2.11 bits per heavy atom. The molecule has 1 heterocycles. The maximum absolute atomic E-state index is 12.5. The van der Waals surface area contributed by atoms with Crippen molar-refractivity contribution >= 4 is 5.78 Å². The molecular weight excluding hydrogens is 261 g/mol. The Hall–Kier alpha value is -2.18. The molecule has 0 aliphatic carbocycles. The van der Waals surface area contributed by atoms with Gasteiger partial charge in [0.15, 0.2) is 0 Å². The van der Waals surface area contributed by atoms with E-state index >= 15 is 0 Å². The topological polar surface area (TPSA) is 56.0 Å². The minimum atomic E-state index is -4.39. The number of Topliss-reactive ketones (excluding diaryl/α,β-unsaturated/α-hetero) is 1. The third-order valence-corrected chi connectivity index (χ3v) is 2.39. The molecule has 100 valence electrons. The lowest BCUT2D eigenvalue weighted by Crippen LogP contribution is -2.05. The fourth-order valence-electron chi connectivity index (χ4n) is 1.50. The zero-order valence-corrected chi connectivity index (χ0v) is 9.86. The minimum Gasteiger partial charge on any atom is -0.339 e. The number of aromatic nitrogens is 2. The van der Waals surface area contributed by atoms with Gasteiger partial charge in [-0.25, -0.2) is 0 Å². The van der Waals surface area contributed by atoms with Crippen molar-refractivity contribution in [2.75, 3.05) is 0 Å². The quantitative estimate of drug-likeness (QED) is 0.805. The van der Waals surface area contributed by atoms with Crippen LogP contribution in [0.5, 0.6) is 0 Å². The molecule has 2 rings (SSSR count). The van der Waals surface area contributed by atoms with Crippen molar-refractivity contribution in [1.29, 1.82) is 0 Å². The molecule has 0 N–H and O–H groups in total. The summed E-state index contributed by atoms with van der Waals surface area (Å²) in [6.45, 7) is 1.28. The van der Waals surface area contributed by atoms with Crippen LogP contribution in [0.3, 0.4) is 0 Å². The van der Waals surface area contributed by atoms with E-state index in [-0.39, 0.29) is 23.9 Å². The van der Waals surface area contributed by atoms with Crippen LogP contribution in [0.1, 0.15) is 34.6 Å². The largest absolute Gasteiger partial charge is 0.416 e. The van der Waals surface area contributed by atoms with Gasteiger partial charge in [-0.15, -0.1) is 0 Å². The Balaban J connectivity index is 2.21. The molecular formula is C12H9F3N2O2. The number of benzene rings is 1. The maximum atomic E-state index is 12.5. The number of alkyl halides is 3. The van der Waals surface area contributed by atoms with Gasteiger partial charge in [-0.2, -0.15) is 18.2 Å². The molecule has 4 nitrogen and oxygen atoms in total. The van der Waals surface area contributed by atoms with Crippen LogP contribution in [-0.4, -0.2) is 15.9 Å². The van der Waals surface area contributed by atoms with Crippen molar-refractivity contribution in [3.05, 3.63) is 47.1 Å². The highest BCUT2D eigenvalue weighted by atomic mass is 19.4. The van der Waals surface area contributed by atoms with Crippen molar-refractivity contribution in [2.24, 2.45) is 0 Å². The summed E-state index contributed by atoms with van der Waals surface area (Å²) in [4.78, 5) is 14.8. The molecule has 0 saturated carbocycles. The lowest BCUT2D eigenvalue weighted by atomic mass is 10.1. The number of hydrogen-bond acceptors (Lipinski definition) is 4. The van der Waals surface area contributed by atoms with Crippen LogP contribution in [-0.2, 0) is 12.6 Å². The zero-order chi connectivity index (χ0) is 14.0. The monoisotopic (exact) mass is 270 g/mol. The van der Waals surface area contributed by atoms with E-state index in [4.69, 9.17) is 4.52 Å². The van der Waals surface area contributed by atoms with E-state index in [1.54, 1.807) is 0 Å². The van der Waals surface area contributed by atoms with E-state index < -0.39 is 11.7 Å². The number of nitrogens with zero attached hydrogens (tertiary/aromatic N) is 2. The van der Waals surface area contributed by atoms with Crippen molar-refractivity contribution in [1.82, 2.24) is 10.1 Å². The van der Waals surface area contributed by atoms with Gasteiger partial charge in [0.2, 0.25) is 17.5 Å². The van der Waals surface area contributed by atoms with Gasteiger partial charge in [-0.1, -0.05) is 23.4 Å². The molecule has 0 bridgehead atoms. The molecule has 0 saturated heterocycles. The summed E-state index contributed by atoms with van der Waals surface area (Å²) in [6, 6.07) is 4.82. The van der Waals surface area contributed by atoms with E-state index in [0.717, 1.165) is 12.1 Å². The van der Waals surface area contributed by atoms with Crippen LogP contribution in [0.25, 0.3) is 0 Å². The van der Waals surface area contributed by atoms with Gasteiger partial charge in [0, 0.05) is 6.92 Å². The van der Waals surface area contributed by atoms with Crippen LogP contribution in [0, 0.1) is 0 Å². The average molecular weight is 270 g/mol. The second-order valence-electron chi connectivity index (χ2n) is 3.94. The van der Waals surface area contributed by atoms with Gasteiger partial charge in [-0.05, 0) is 11.6 Å². The van der Waals surface area contributed by atoms with Gasteiger partial charge in [0.25, 0.3) is 0 Å². The van der Waals surface area contributed by atoms with Gasteiger partial charge in [0.05, 0.1) is 12.0 Å². The molecule has 0 amide bonds. The number of ketones is 1. The lowest BCUT2D eigenvalue weighted by Gasteiger charge is -2.07. The van der Waals surface area contributed by atoms with E-state index in [2.05, 4.69) is 10.1 Å². The molecule has 1 aromatic heterocycles. The predicted octanol–water partition coefficient (Wildman–Crippen LogP) is 2.88. The molecule has 1 aromatic carbocycles. The number of carbonyl (C=O) groups excluding carboxylic acids is 1. The highest BCUT2D eigenvalue weighted by Gasteiger charge is 2.30.